The Bertz CT molecular complexity index is 563. The van der Waals surface area contributed by atoms with Crippen LogP contribution in [0.2, 0.25) is 0 Å². The predicted molar refractivity (Wildman–Crippen MR) is 73.3 cm³/mol. The summed E-state index contributed by atoms with van der Waals surface area (Å²) in [5, 5.41) is 20.0. The molecule has 1 aromatic rings. The molecular weight excluding hydrogens is 335 g/mol. The van der Waals surface area contributed by atoms with E-state index < -0.39 is 22.4 Å². The quantitative estimate of drug-likeness (QED) is 0.632. The van der Waals surface area contributed by atoms with Crippen molar-refractivity contribution in [3.05, 3.63) is 32.5 Å². The van der Waals surface area contributed by atoms with Crippen molar-refractivity contribution in [2.24, 2.45) is 5.92 Å². The predicted octanol–water partition coefficient (Wildman–Crippen LogP) is 2.80. The third-order valence-corrected chi connectivity index (χ3v) is 3.66. The van der Waals surface area contributed by atoms with E-state index in [0.29, 0.717) is 12.5 Å². The zero-order valence-electron chi connectivity index (χ0n) is 10.4. The Labute approximate surface area is 122 Å². The van der Waals surface area contributed by atoms with Crippen molar-refractivity contribution in [2.45, 2.75) is 12.8 Å². The molecule has 1 aliphatic rings. The number of carboxylic acids is 1. The van der Waals surface area contributed by atoms with Gasteiger partial charge in [0.05, 0.1) is 15.5 Å². The van der Waals surface area contributed by atoms with E-state index in [1.165, 1.54) is 11.0 Å². The summed E-state index contributed by atoms with van der Waals surface area (Å²) in [4.78, 5) is 22.7. The van der Waals surface area contributed by atoms with E-state index in [9.17, 15) is 19.3 Å². The van der Waals surface area contributed by atoms with Crippen molar-refractivity contribution in [2.75, 3.05) is 18.0 Å². The first-order valence-electron chi connectivity index (χ1n) is 5.98. The van der Waals surface area contributed by atoms with Crippen molar-refractivity contribution < 1.29 is 19.2 Å². The van der Waals surface area contributed by atoms with Crippen LogP contribution < -0.4 is 4.90 Å². The highest BCUT2D eigenvalue weighted by molar-refractivity contribution is 9.10. The number of anilines is 1. The van der Waals surface area contributed by atoms with Crippen LogP contribution in [0.5, 0.6) is 0 Å². The number of rotatable bonds is 6. The van der Waals surface area contributed by atoms with Gasteiger partial charge in [0.25, 0.3) is 5.69 Å². The standard InChI is InChI=1S/C12H12BrFN2O4/c13-8-3-10(11(16(19)20)4-9(8)14)15(6-12(17)18)5-7-1-2-7/h3-4,7H,1-2,5-6H2,(H,17,18). The highest BCUT2D eigenvalue weighted by atomic mass is 79.9. The second kappa shape index (κ2) is 5.74. The number of hydrogen-bond acceptors (Lipinski definition) is 4. The fourth-order valence-electron chi connectivity index (χ4n) is 1.95. The van der Waals surface area contributed by atoms with Crippen LogP contribution in [0.4, 0.5) is 15.8 Å². The minimum atomic E-state index is -1.08. The highest BCUT2D eigenvalue weighted by Gasteiger charge is 2.29. The minimum Gasteiger partial charge on any atom is -0.480 e. The number of carbonyl (C=O) groups is 1. The molecule has 8 heteroatoms. The Kier molecular flexibility index (Phi) is 4.22. The van der Waals surface area contributed by atoms with E-state index in [-0.39, 0.29) is 16.7 Å². The number of nitrogens with zero attached hydrogens (tertiary/aromatic N) is 2. The zero-order valence-corrected chi connectivity index (χ0v) is 12.0. The van der Waals surface area contributed by atoms with E-state index in [4.69, 9.17) is 5.11 Å². The molecule has 1 aromatic carbocycles. The Morgan fingerprint density at radius 3 is 2.70 bits per heavy atom. The van der Waals surface area contributed by atoms with Gasteiger partial charge in [-0.3, -0.25) is 14.9 Å². The molecule has 0 aromatic heterocycles. The largest absolute Gasteiger partial charge is 0.480 e. The van der Waals surface area contributed by atoms with Crippen LogP contribution in [0.25, 0.3) is 0 Å². The molecule has 1 N–H and O–H groups in total. The fraction of sp³-hybridized carbons (Fsp3) is 0.417. The molecule has 0 radical (unpaired) electrons. The fourth-order valence-corrected chi connectivity index (χ4v) is 2.28. The molecular formula is C12H12BrFN2O4. The van der Waals surface area contributed by atoms with E-state index in [0.717, 1.165) is 18.9 Å². The maximum absolute atomic E-state index is 13.4. The third kappa shape index (κ3) is 3.44. The van der Waals surface area contributed by atoms with E-state index >= 15 is 0 Å². The number of nitro benzene ring substituents is 1. The van der Waals surface area contributed by atoms with Gasteiger partial charge in [-0.1, -0.05) is 0 Å². The van der Waals surface area contributed by atoms with Crippen LogP contribution >= 0.6 is 15.9 Å². The van der Waals surface area contributed by atoms with E-state index in [2.05, 4.69) is 15.9 Å². The lowest BCUT2D eigenvalue weighted by Gasteiger charge is -2.22. The Hall–Kier alpha value is -1.70. The number of halogens is 2. The lowest BCUT2D eigenvalue weighted by Crippen LogP contribution is -2.32. The summed E-state index contributed by atoms with van der Waals surface area (Å²) >= 11 is 2.97. The summed E-state index contributed by atoms with van der Waals surface area (Å²) in [6, 6.07) is 2.07. The van der Waals surface area contributed by atoms with Crippen molar-refractivity contribution in [1.82, 2.24) is 0 Å². The first kappa shape index (κ1) is 14.7. The number of nitro groups is 1. The van der Waals surface area contributed by atoms with Gasteiger partial charge >= 0.3 is 5.97 Å². The monoisotopic (exact) mass is 346 g/mol. The molecule has 0 aliphatic heterocycles. The van der Waals surface area contributed by atoms with Gasteiger partial charge in [0.2, 0.25) is 0 Å². The zero-order chi connectivity index (χ0) is 14.9. The van der Waals surface area contributed by atoms with Crippen molar-refractivity contribution in [1.29, 1.82) is 0 Å². The molecule has 0 amide bonds. The van der Waals surface area contributed by atoms with Crippen LogP contribution in [0, 0.1) is 21.8 Å². The van der Waals surface area contributed by atoms with Gasteiger partial charge in [0.15, 0.2) is 0 Å². The average molecular weight is 347 g/mol. The first-order valence-corrected chi connectivity index (χ1v) is 6.78. The molecule has 6 nitrogen and oxygen atoms in total. The molecule has 0 spiro atoms. The Balaban J connectivity index is 2.41. The molecule has 0 saturated heterocycles. The van der Waals surface area contributed by atoms with Gasteiger partial charge in [-0.25, -0.2) is 4.39 Å². The van der Waals surface area contributed by atoms with E-state index in [1.807, 2.05) is 0 Å². The summed E-state index contributed by atoms with van der Waals surface area (Å²) in [7, 11) is 0. The molecule has 1 aliphatic carbocycles. The number of carboxylic acid groups (broad SMARTS) is 1. The molecule has 2 rings (SSSR count). The SMILES string of the molecule is O=C(O)CN(CC1CC1)c1cc(Br)c(F)cc1[N+](=O)[O-]. The number of aliphatic carboxylic acids is 1. The summed E-state index contributed by atoms with van der Waals surface area (Å²) in [6.07, 6.45) is 1.96. The van der Waals surface area contributed by atoms with Crippen molar-refractivity contribution >= 4 is 33.3 Å². The van der Waals surface area contributed by atoms with Crippen molar-refractivity contribution in [3.63, 3.8) is 0 Å². The molecule has 108 valence electrons. The lowest BCUT2D eigenvalue weighted by molar-refractivity contribution is -0.384. The third-order valence-electron chi connectivity index (χ3n) is 3.06. The Morgan fingerprint density at radius 2 is 2.20 bits per heavy atom. The second-order valence-electron chi connectivity index (χ2n) is 4.73. The molecule has 1 fully saturated rings. The van der Waals surface area contributed by atoms with Crippen LogP contribution in [-0.4, -0.2) is 29.1 Å². The van der Waals surface area contributed by atoms with Crippen molar-refractivity contribution in [3.8, 4) is 0 Å². The van der Waals surface area contributed by atoms with Gasteiger partial charge in [0.1, 0.15) is 18.0 Å². The van der Waals surface area contributed by atoms with Gasteiger partial charge in [-0.05, 0) is 40.8 Å². The lowest BCUT2D eigenvalue weighted by atomic mass is 10.2. The Morgan fingerprint density at radius 1 is 1.55 bits per heavy atom. The summed E-state index contributed by atoms with van der Waals surface area (Å²) in [6.45, 7) is 0.0701. The van der Waals surface area contributed by atoms with Crippen LogP contribution in [0.1, 0.15) is 12.8 Å². The smallest absolute Gasteiger partial charge is 0.323 e. The van der Waals surface area contributed by atoms with Crippen LogP contribution in [0.15, 0.2) is 16.6 Å². The number of benzene rings is 1. The maximum Gasteiger partial charge on any atom is 0.323 e. The van der Waals surface area contributed by atoms with E-state index in [1.54, 1.807) is 0 Å². The highest BCUT2D eigenvalue weighted by Crippen LogP contribution is 2.37. The van der Waals surface area contributed by atoms with Gasteiger partial charge in [-0.2, -0.15) is 0 Å². The molecule has 20 heavy (non-hydrogen) atoms. The number of hydrogen-bond donors (Lipinski definition) is 1. The summed E-state index contributed by atoms with van der Waals surface area (Å²) < 4.78 is 13.5. The van der Waals surface area contributed by atoms with Crippen LogP contribution in [-0.2, 0) is 4.79 Å². The second-order valence-corrected chi connectivity index (χ2v) is 5.58. The topological polar surface area (TPSA) is 83.7 Å². The summed E-state index contributed by atoms with van der Waals surface area (Å²) in [5.41, 5.74) is -0.301. The summed E-state index contributed by atoms with van der Waals surface area (Å²) in [5.74, 6) is -1.49. The molecule has 1 saturated carbocycles. The first-order chi connectivity index (χ1) is 9.38. The average Bonchev–Trinajstić information content (AvgIpc) is 3.14. The van der Waals surface area contributed by atoms with Crippen LogP contribution in [0.3, 0.4) is 0 Å². The molecule has 0 atom stereocenters. The molecule has 0 bridgehead atoms. The normalized spacial score (nSPS) is 14.1. The van der Waals surface area contributed by atoms with Gasteiger partial charge in [0, 0.05) is 6.54 Å². The molecule has 0 heterocycles. The maximum atomic E-state index is 13.4. The van der Waals surface area contributed by atoms with Gasteiger partial charge in [-0.15, -0.1) is 0 Å². The minimum absolute atomic E-state index is 0.0734. The molecule has 0 unspecified atom stereocenters. The van der Waals surface area contributed by atoms with Gasteiger partial charge < -0.3 is 10.0 Å².